The van der Waals surface area contributed by atoms with E-state index in [1.54, 1.807) is 12.1 Å². The molecular formula is C10H9NO2. The van der Waals surface area contributed by atoms with Crippen LogP contribution in [0.5, 0.6) is 0 Å². The molecular weight excluding hydrogens is 166 g/mol. The van der Waals surface area contributed by atoms with Crippen LogP contribution in [0.2, 0.25) is 0 Å². The molecule has 0 saturated carbocycles. The molecule has 0 saturated heterocycles. The largest absolute Gasteiger partial charge is 0.479 e. The molecule has 66 valence electrons. The number of rotatable bonds is 1. The number of hydrogen-bond acceptors (Lipinski definition) is 2. The third kappa shape index (κ3) is 2.97. The van der Waals surface area contributed by atoms with Gasteiger partial charge in [0.15, 0.2) is 6.04 Å². The molecule has 0 bridgehead atoms. The molecule has 0 aliphatic heterocycles. The number of carboxylic acid groups (broad SMARTS) is 1. The van der Waals surface area contributed by atoms with Gasteiger partial charge in [-0.15, -0.1) is 0 Å². The highest BCUT2D eigenvalue weighted by Gasteiger charge is 2.05. The van der Waals surface area contributed by atoms with Gasteiger partial charge < -0.3 is 10.8 Å². The Balaban J connectivity index is 2.73. The minimum absolute atomic E-state index is 0.763. The molecule has 13 heavy (non-hydrogen) atoms. The maximum atomic E-state index is 10.3. The van der Waals surface area contributed by atoms with Crippen molar-refractivity contribution in [1.29, 1.82) is 0 Å². The average molecular weight is 175 g/mol. The van der Waals surface area contributed by atoms with Gasteiger partial charge >= 0.3 is 5.97 Å². The number of aliphatic carboxylic acids is 1. The lowest BCUT2D eigenvalue weighted by molar-refractivity contribution is -0.137. The molecule has 0 aromatic heterocycles. The quantitative estimate of drug-likeness (QED) is 0.609. The minimum Gasteiger partial charge on any atom is -0.479 e. The second-order valence-corrected chi connectivity index (χ2v) is 2.45. The summed E-state index contributed by atoms with van der Waals surface area (Å²) in [7, 11) is 0. The van der Waals surface area contributed by atoms with Crippen molar-refractivity contribution >= 4 is 5.97 Å². The van der Waals surface area contributed by atoms with Gasteiger partial charge in [0.25, 0.3) is 0 Å². The van der Waals surface area contributed by atoms with Crippen molar-refractivity contribution in [2.75, 3.05) is 0 Å². The van der Waals surface area contributed by atoms with Crippen LogP contribution in [0.15, 0.2) is 30.3 Å². The van der Waals surface area contributed by atoms with E-state index < -0.39 is 12.0 Å². The van der Waals surface area contributed by atoms with E-state index in [9.17, 15) is 4.79 Å². The molecule has 1 aromatic carbocycles. The molecule has 3 N–H and O–H groups in total. The van der Waals surface area contributed by atoms with Gasteiger partial charge in [0.1, 0.15) is 0 Å². The first kappa shape index (κ1) is 9.30. The molecule has 1 rings (SSSR count). The highest BCUT2D eigenvalue weighted by Crippen LogP contribution is 1.94. The van der Waals surface area contributed by atoms with E-state index in [-0.39, 0.29) is 0 Å². The van der Waals surface area contributed by atoms with Gasteiger partial charge in [-0.25, -0.2) is 4.79 Å². The van der Waals surface area contributed by atoms with E-state index in [1.807, 2.05) is 18.2 Å². The van der Waals surface area contributed by atoms with E-state index in [2.05, 4.69) is 11.8 Å². The van der Waals surface area contributed by atoms with Gasteiger partial charge in [-0.2, -0.15) is 0 Å². The summed E-state index contributed by atoms with van der Waals surface area (Å²) in [5.74, 6) is 3.99. The zero-order valence-corrected chi connectivity index (χ0v) is 6.90. The first-order chi connectivity index (χ1) is 6.20. The molecule has 0 aliphatic rings. The van der Waals surface area contributed by atoms with Crippen molar-refractivity contribution in [3.8, 4) is 11.8 Å². The number of carbonyl (C=O) groups is 1. The number of hydrogen-bond donors (Lipinski definition) is 2. The van der Waals surface area contributed by atoms with Crippen molar-refractivity contribution in [2.24, 2.45) is 5.73 Å². The van der Waals surface area contributed by atoms with Crippen LogP contribution in [0, 0.1) is 11.8 Å². The summed E-state index contributed by atoms with van der Waals surface area (Å²) in [6.07, 6.45) is 0. The first-order valence-corrected chi connectivity index (χ1v) is 3.75. The summed E-state index contributed by atoms with van der Waals surface area (Å²) in [4.78, 5) is 10.3. The molecule has 1 atom stereocenters. The molecule has 3 heteroatoms. The summed E-state index contributed by atoms with van der Waals surface area (Å²) >= 11 is 0. The Morgan fingerprint density at radius 1 is 1.38 bits per heavy atom. The Morgan fingerprint density at radius 3 is 2.54 bits per heavy atom. The van der Waals surface area contributed by atoms with Crippen LogP contribution in [-0.4, -0.2) is 17.1 Å². The number of benzene rings is 1. The van der Waals surface area contributed by atoms with Crippen molar-refractivity contribution in [1.82, 2.24) is 0 Å². The second-order valence-electron chi connectivity index (χ2n) is 2.45. The fourth-order valence-corrected chi connectivity index (χ4v) is 0.744. The molecule has 1 aromatic rings. The average Bonchev–Trinajstić information content (AvgIpc) is 2.15. The third-order valence-corrected chi connectivity index (χ3v) is 1.41. The Bertz CT molecular complexity index is 348. The van der Waals surface area contributed by atoms with Crippen LogP contribution < -0.4 is 5.73 Å². The van der Waals surface area contributed by atoms with Crippen LogP contribution in [0.3, 0.4) is 0 Å². The van der Waals surface area contributed by atoms with Crippen molar-refractivity contribution in [2.45, 2.75) is 6.04 Å². The van der Waals surface area contributed by atoms with Crippen LogP contribution in [0.25, 0.3) is 0 Å². The van der Waals surface area contributed by atoms with E-state index in [1.165, 1.54) is 0 Å². The number of carboxylic acids is 1. The summed E-state index contributed by atoms with van der Waals surface area (Å²) in [6.45, 7) is 0. The third-order valence-electron chi connectivity index (χ3n) is 1.41. The normalized spacial score (nSPS) is 11.2. The second kappa shape index (κ2) is 4.29. The minimum atomic E-state index is -1.11. The van der Waals surface area contributed by atoms with E-state index in [4.69, 9.17) is 10.8 Å². The lowest BCUT2D eigenvalue weighted by Gasteiger charge is -1.93. The Kier molecular flexibility index (Phi) is 3.07. The Hall–Kier alpha value is -1.79. The SMILES string of the molecule is NC(C#Cc1ccccc1)C(=O)O. The maximum absolute atomic E-state index is 10.3. The summed E-state index contributed by atoms with van der Waals surface area (Å²) < 4.78 is 0. The van der Waals surface area contributed by atoms with Gasteiger partial charge in [-0.1, -0.05) is 30.0 Å². The van der Waals surface area contributed by atoms with Crippen molar-refractivity contribution in [3.05, 3.63) is 35.9 Å². The highest BCUT2D eigenvalue weighted by atomic mass is 16.4. The standard InChI is InChI=1S/C10H9NO2/c11-9(10(12)13)7-6-8-4-2-1-3-5-8/h1-5,9H,11H2,(H,12,13). The molecule has 1 unspecified atom stereocenters. The fraction of sp³-hybridized carbons (Fsp3) is 0.100. The van der Waals surface area contributed by atoms with Gasteiger partial charge in [0, 0.05) is 5.56 Å². The summed E-state index contributed by atoms with van der Waals surface area (Å²) in [5.41, 5.74) is 5.95. The molecule has 0 amide bonds. The molecule has 3 nitrogen and oxygen atoms in total. The van der Waals surface area contributed by atoms with Crippen LogP contribution in [-0.2, 0) is 4.79 Å². The van der Waals surface area contributed by atoms with Gasteiger partial charge in [-0.3, -0.25) is 0 Å². The molecule has 0 aliphatic carbocycles. The van der Waals surface area contributed by atoms with Crippen molar-refractivity contribution in [3.63, 3.8) is 0 Å². The van der Waals surface area contributed by atoms with Crippen molar-refractivity contribution < 1.29 is 9.90 Å². The predicted octanol–water partition coefficient (Wildman–Crippen LogP) is 0.450. The lowest BCUT2D eigenvalue weighted by atomic mass is 10.2. The fourth-order valence-electron chi connectivity index (χ4n) is 0.744. The first-order valence-electron chi connectivity index (χ1n) is 3.75. The molecule has 0 heterocycles. The summed E-state index contributed by atoms with van der Waals surface area (Å²) in [6, 6.07) is 8.00. The van der Waals surface area contributed by atoms with Crippen LogP contribution >= 0.6 is 0 Å². The highest BCUT2D eigenvalue weighted by molar-refractivity contribution is 5.77. The Labute approximate surface area is 76.2 Å². The zero-order valence-electron chi connectivity index (χ0n) is 6.90. The van der Waals surface area contributed by atoms with E-state index in [0.717, 1.165) is 5.56 Å². The molecule has 0 fully saturated rings. The van der Waals surface area contributed by atoms with E-state index >= 15 is 0 Å². The molecule has 0 spiro atoms. The van der Waals surface area contributed by atoms with Crippen LogP contribution in [0.1, 0.15) is 5.56 Å². The lowest BCUT2D eigenvalue weighted by Crippen LogP contribution is -2.27. The summed E-state index contributed by atoms with van der Waals surface area (Å²) in [5, 5.41) is 8.43. The van der Waals surface area contributed by atoms with Gasteiger partial charge in [0.2, 0.25) is 0 Å². The number of nitrogens with two attached hydrogens (primary N) is 1. The Morgan fingerprint density at radius 2 is 2.00 bits per heavy atom. The zero-order chi connectivity index (χ0) is 9.68. The van der Waals surface area contributed by atoms with Gasteiger partial charge in [-0.05, 0) is 12.1 Å². The monoisotopic (exact) mass is 175 g/mol. The predicted molar refractivity (Wildman–Crippen MR) is 48.9 cm³/mol. The smallest absolute Gasteiger partial charge is 0.333 e. The van der Waals surface area contributed by atoms with E-state index in [0.29, 0.717) is 0 Å². The maximum Gasteiger partial charge on any atom is 0.333 e. The molecule has 0 radical (unpaired) electrons. The van der Waals surface area contributed by atoms with Gasteiger partial charge in [0.05, 0.1) is 0 Å². The topological polar surface area (TPSA) is 63.3 Å². The van der Waals surface area contributed by atoms with Crippen LogP contribution in [0.4, 0.5) is 0 Å².